The lowest BCUT2D eigenvalue weighted by Crippen LogP contribution is -2.12. The van der Waals surface area contributed by atoms with E-state index >= 15 is 0 Å². The molecule has 20 aromatic carbocycles. The summed E-state index contributed by atoms with van der Waals surface area (Å²) in [5, 5.41) is 14.3. The number of hydrogen-bond donors (Lipinski definition) is 0. The number of furan rings is 2. The fourth-order valence-electron chi connectivity index (χ4n) is 18.9. The maximum absolute atomic E-state index is 7.07. The monoisotopic (exact) mass is 1590 g/mol. The number of benzene rings is 20. The van der Waals surface area contributed by atoms with Crippen LogP contribution >= 0.6 is 22.7 Å². The molecule has 0 saturated heterocycles. The lowest BCUT2D eigenvalue weighted by molar-refractivity contribution is 0.669. The van der Waals surface area contributed by atoms with Crippen LogP contribution in [0.25, 0.3) is 206 Å². The van der Waals surface area contributed by atoms with Gasteiger partial charge in [0.1, 0.15) is 22.3 Å². The predicted molar refractivity (Wildman–Crippen MR) is 520 cm³/mol. The Morgan fingerprint density at radius 3 is 1.18 bits per heavy atom. The fraction of sp³-hybridized carbons (Fsp3) is 0. The van der Waals surface area contributed by atoms with Crippen molar-refractivity contribution in [3.8, 4) is 100 Å². The van der Waals surface area contributed by atoms with Crippen LogP contribution in [0, 0.1) is 0 Å². The van der Waals surface area contributed by atoms with Gasteiger partial charge in [-0.2, -0.15) is 0 Å². The maximum atomic E-state index is 7.07. The second kappa shape index (κ2) is 29.3. The Morgan fingerprint density at radius 1 is 0.180 bits per heavy atom. The van der Waals surface area contributed by atoms with E-state index in [2.05, 4.69) is 441 Å². The minimum Gasteiger partial charge on any atom is -0.455 e. The second-order valence-corrected chi connectivity index (χ2v) is 33.7. The highest BCUT2D eigenvalue weighted by Crippen LogP contribution is 2.53. The summed E-state index contributed by atoms with van der Waals surface area (Å²) < 4.78 is 18.8. The molecule has 122 heavy (non-hydrogen) atoms. The Hall–Kier alpha value is -15.4. The summed E-state index contributed by atoms with van der Waals surface area (Å²) in [5.74, 6) is 0. The van der Waals surface area contributed by atoms with Crippen molar-refractivity contribution >= 4 is 163 Å². The van der Waals surface area contributed by atoms with Crippen molar-refractivity contribution in [1.82, 2.24) is 0 Å². The highest BCUT2D eigenvalue weighted by atomic mass is 32.1. The molecule has 0 atom stereocenters. The molecule has 0 aliphatic carbocycles. The lowest BCUT2D eigenvalue weighted by Gasteiger charge is -2.30. The van der Waals surface area contributed by atoms with Crippen LogP contribution in [0.2, 0.25) is 0 Å². The molecule has 6 heteroatoms. The molecule has 4 nitrogen and oxygen atoms in total. The van der Waals surface area contributed by atoms with Crippen molar-refractivity contribution in [1.29, 1.82) is 0 Å². The molecule has 0 unspecified atom stereocenters. The number of thiophene rings is 2. The molecule has 0 bridgehead atoms. The van der Waals surface area contributed by atoms with Gasteiger partial charge in [-0.25, -0.2) is 0 Å². The van der Waals surface area contributed by atoms with Gasteiger partial charge >= 0.3 is 0 Å². The average molecular weight is 1590 g/mol. The van der Waals surface area contributed by atoms with E-state index in [1.807, 2.05) is 28.7 Å². The highest BCUT2D eigenvalue weighted by molar-refractivity contribution is 7.26. The van der Waals surface area contributed by atoms with Crippen LogP contribution in [0.1, 0.15) is 0 Å². The summed E-state index contributed by atoms with van der Waals surface area (Å²) in [6.07, 6.45) is 0. The van der Waals surface area contributed by atoms with Crippen molar-refractivity contribution in [2.24, 2.45) is 0 Å². The van der Waals surface area contributed by atoms with Crippen LogP contribution in [0.5, 0.6) is 0 Å². The molecule has 0 amide bonds. The lowest BCUT2D eigenvalue weighted by atomic mass is 9.91. The van der Waals surface area contributed by atoms with Gasteiger partial charge in [0.15, 0.2) is 0 Å². The first kappa shape index (κ1) is 70.7. The van der Waals surface area contributed by atoms with Crippen molar-refractivity contribution in [3.63, 3.8) is 0 Å². The fourth-order valence-corrected chi connectivity index (χ4v) is 21.4. The van der Waals surface area contributed by atoms with E-state index in [4.69, 9.17) is 8.83 Å². The second-order valence-electron chi connectivity index (χ2n) is 31.6. The zero-order valence-corrected chi connectivity index (χ0v) is 67.7. The van der Waals surface area contributed by atoms with Crippen LogP contribution in [0.4, 0.5) is 34.1 Å². The zero-order valence-electron chi connectivity index (χ0n) is 66.1. The van der Waals surface area contributed by atoms with Gasteiger partial charge in [0, 0.05) is 118 Å². The van der Waals surface area contributed by atoms with E-state index in [-0.39, 0.29) is 0 Å². The van der Waals surface area contributed by atoms with Crippen LogP contribution in [-0.4, -0.2) is 0 Å². The van der Waals surface area contributed by atoms with Crippen LogP contribution in [0.15, 0.2) is 446 Å². The first-order chi connectivity index (χ1) is 60.5. The molecule has 570 valence electrons. The van der Waals surface area contributed by atoms with Gasteiger partial charge in [0.05, 0.1) is 17.1 Å². The van der Waals surface area contributed by atoms with Crippen molar-refractivity contribution < 1.29 is 8.83 Å². The summed E-state index contributed by atoms with van der Waals surface area (Å²) >= 11 is 3.73. The molecule has 4 heterocycles. The van der Waals surface area contributed by atoms with Crippen LogP contribution in [-0.2, 0) is 0 Å². The molecule has 24 aromatic rings. The molecule has 0 aliphatic heterocycles. The van der Waals surface area contributed by atoms with Gasteiger partial charge in [-0.1, -0.05) is 334 Å². The number of anilines is 6. The molecule has 0 saturated carbocycles. The number of para-hydroxylation sites is 6. The smallest absolute Gasteiger partial charge is 0.143 e. The third-order valence-electron chi connectivity index (χ3n) is 24.7. The summed E-state index contributed by atoms with van der Waals surface area (Å²) in [6, 6.07) is 160. The third-order valence-corrected chi connectivity index (χ3v) is 27.2. The number of hydrogen-bond acceptors (Lipinski definition) is 6. The molecule has 4 aromatic heterocycles. The van der Waals surface area contributed by atoms with Crippen molar-refractivity contribution in [2.75, 3.05) is 9.80 Å². The Labute approximate surface area is 712 Å². The maximum Gasteiger partial charge on any atom is 0.143 e. The Balaban J connectivity index is 0.559. The highest BCUT2D eigenvalue weighted by Gasteiger charge is 2.27. The standard InChI is InChI=1S/C116H72N2O2S2/c1-2-24-78-70-83(57-53-73(78)23-1)88-27-3-4-28-92(88)93-29-5-13-43-106(93)118(107-44-14-7-31-95(107)101-39-22-41-103-98-34-11-18-48-111(98)122-116(101)103)86-65-61-77(62-66-86)91-68-67-89(112-104-35-9-16-46-109(104)120-114(91)112)84-58-56-81-69-80(54-55-82(81)71-84)75-51-49-74(50-52-75)79-25-19-26-87(72-79)117(85-63-59-76(60-64-85)90-36-20-37-99-96-32-8-15-45-108(96)119-113(90)99)105-42-12-6-30-94(105)100-38-21-40-102-97-33-10-17-47-110(97)121-115(100)102/h1-72H. The minimum atomic E-state index is 0.852. The Morgan fingerprint density at radius 2 is 0.557 bits per heavy atom. The SMILES string of the molecule is c1cc(-c2ccc(-c3ccc4cc(-c5ccc(-c6ccc(N(c7ccccc7-c7ccccc7-c7ccc8ccccc8c7)c7ccccc7-c7cccc8c7sc7ccccc78)cc6)c6oc7ccccc7c56)ccc4c3)cc2)cc(N(c2ccc(-c3cccc4c3oc3ccccc34)cc2)c2ccccc2-c2cccc3c2sc2ccccc23)c1. The van der Waals surface area contributed by atoms with Crippen LogP contribution in [0.3, 0.4) is 0 Å². The quantitative estimate of drug-likeness (QED) is 0.102. The summed E-state index contributed by atoms with van der Waals surface area (Å²) in [6.45, 7) is 0. The Kier molecular flexibility index (Phi) is 17.0. The third kappa shape index (κ3) is 12.0. The largest absolute Gasteiger partial charge is 0.455 e. The molecule has 0 fully saturated rings. The van der Waals surface area contributed by atoms with Gasteiger partial charge < -0.3 is 18.6 Å². The average Bonchev–Trinajstić information content (AvgIpc) is 1.59. The molecule has 0 N–H and O–H groups in total. The first-order valence-electron chi connectivity index (χ1n) is 41.6. The molecule has 0 aliphatic rings. The van der Waals surface area contributed by atoms with Crippen molar-refractivity contribution in [2.45, 2.75) is 0 Å². The number of nitrogens with zero attached hydrogens (tertiary/aromatic N) is 2. The van der Waals surface area contributed by atoms with Gasteiger partial charge in [0.2, 0.25) is 0 Å². The van der Waals surface area contributed by atoms with Gasteiger partial charge in [-0.05, 0) is 186 Å². The molecular formula is C116H72N2O2S2. The van der Waals surface area contributed by atoms with E-state index in [0.717, 1.165) is 161 Å². The minimum absolute atomic E-state index is 0.852. The molecule has 0 radical (unpaired) electrons. The van der Waals surface area contributed by atoms with Crippen molar-refractivity contribution in [3.05, 3.63) is 437 Å². The molecule has 24 rings (SSSR count). The van der Waals surface area contributed by atoms with E-state index in [1.165, 1.54) is 78.8 Å². The van der Waals surface area contributed by atoms with E-state index in [9.17, 15) is 0 Å². The van der Waals surface area contributed by atoms with Gasteiger partial charge in [-0.15, -0.1) is 22.7 Å². The van der Waals surface area contributed by atoms with Crippen LogP contribution < -0.4 is 9.80 Å². The zero-order chi connectivity index (χ0) is 80.3. The topological polar surface area (TPSA) is 32.8 Å². The van der Waals surface area contributed by atoms with E-state index in [1.54, 1.807) is 0 Å². The Bertz CT molecular complexity index is 8290. The summed E-state index contributed by atoms with van der Waals surface area (Å²) in [5.41, 5.74) is 30.3. The number of fused-ring (bicyclic) bond motifs is 14. The number of rotatable bonds is 15. The summed E-state index contributed by atoms with van der Waals surface area (Å²) in [4.78, 5) is 4.91. The van der Waals surface area contributed by atoms with E-state index in [0.29, 0.717) is 0 Å². The van der Waals surface area contributed by atoms with E-state index < -0.39 is 0 Å². The normalized spacial score (nSPS) is 11.8. The summed E-state index contributed by atoms with van der Waals surface area (Å²) in [7, 11) is 0. The van der Waals surface area contributed by atoms with Gasteiger partial charge in [-0.3, -0.25) is 0 Å². The molecule has 0 spiro atoms. The van der Waals surface area contributed by atoms with Gasteiger partial charge in [0.25, 0.3) is 0 Å². The predicted octanol–water partition coefficient (Wildman–Crippen LogP) is 34.5. The first-order valence-corrected chi connectivity index (χ1v) is 43.2. The molecular weight excluding hydrogens is 1520 g/mol.